The Bertz CT molecular complexity index is 485. The average molecular weight is 353 g/mol. The van der Waals surface area contributed by atoms with Crippen LogP contribution < -0.4 is 0 Å². The van der Waals surface area contributed by atoms with Gasteiger partial charge in [0.25, 0.3) is 0 Å². The average Bonchev–Trinajstić information content (AvgIpc) is 3.01. The fourth-order valence-corrected chi connectivity index (χ4v) is 3.66. The lowest BCUT2D eigenvalue weighted by atomic mass is 10.0. The minimum absolute atomic E-state index is 0.0259. The number of likely N-dealkylation sites (tertiary alicyclic amines) is 1. The summed E-state index contributed by atoms with van der Waals surface area (Å²) in [6.07, 6.45) is 2.00. The molecule has 0 aromatic heterocycles. The molecule has 0 aliphatic carbocycles. The number of piperazine rings is 1. The summed E-state index contributed by atoms with van der Waals surface area (Å²) in [6.45, 7) is 7.90. The van der Waals surface area contributed by atoms with Crippen molar-refractivity contribution in [3.05, 3.63) is 0 Å². The van der Waals surface area contributed by atoms with Crippen LogP contribution in [-0.2, 0) is 19.1 Å². The molecule has 2 rings (SSSR count). The molecule has 25 heavy (non-hydrogen) atoms. The maximum absolute atomic E-state index is 12.7. The molecule has 0 spiro atoms. The summed E-state index contributed by atoms with van der Waals surface area (Å²) in [5.74, 6) is 0.106. The van der Waals surface area contributed by atoms with E-state index in [-0.39, 0.29) is 36.0 Å². The minimum Gasteiger partial charge on any atom is -0.383 e. The Morgan fingerprint density at radius 2 is 1.72 bits per heavy atom. The van der Waals surface area contributed by atoms with E-state index in [0.29, 0.717) is 45.9 Å². The van der Waals surface area contributed by atoms with Crippen molar-refractivity contribution in [2.75, 3.05) is 53.0 Å². The third-order valence-electron chi connectivity index (χ3n) is 5.37. The van der Waals surface area contributed by atoms with Crippen molar-refractivity contribution in [2.24, 2.45) is 11.8 Å². The smallest absolute Gasteiger partial charge is 0.228 e. The van der Waals surface area contributed by atoms with E-state index in [1.54, 1.807) is 12.0 Å². The first kappa shape index (κ1) is 19.7. The molecule has 0 bridgehead atoms. The topological polar surface area (TPSA) is 70.2 Å². The predicted molar refractivity (Wildman–Crippen MR) is 93.8 cm³/mol. The van der Waals surface area contributed by atoms with Crippen LogP contribution >= 0.6 is 0 Å². The highest BCUT2D eigenvalue weighted by molar-refractivity contribution is 5.89. The summed E-state index contributed by atoms with van der Waals surface area (Å²) in [4.78, 5) is 42.5. The van der Waals surface area contributed by atoms with Crippen LogP contribution in [0.3, 0.4) is 0 Å². The molecule has 0 aromatic carbocycles. The van der Waals surface area contributed by atoms with Crippen LogP contribution in [0.1, 0.15) is 33.1 Å². The molecular formula is C18H31N3O4. The lowest BCUT2D eigenvalue weighted by Gasteiger charge is -2.37. The quantitative estimate of drug-likeness (QED) is 0.672. The Labute approximate surface area is 150 Å². The molecule has 1 atom stereocenters. The van der Waals surface area contributed by atoms with Crippen LogP contribution in [0, 0.1) is 11.8 Å². The molecule has 0 N–H and O–H groups in total. The Kier molecular flexibility index (Phi) is 7.23. The van der Waals surface area contributed by atoms with Crippen LogP contribution in [-0.4, -0.2) is 85.4 Å². The predicted octanol–water partition coefficient (Wildman–Crippen LogP) is 0.588. The van der Waals surface area contributed by atoms with E-state index in [2.05, 4.69) is 0 Å². The standard InChI is InChI=1S/C18H31N3O4/c1-4-14(5-2)17(23)19-6-8-20(9-7-19)18(24)15-12-16(22)21(13-15)10-11-25-3/h14-15H,4-13H2,1-3H3. The summed E-state index contributed by atoms with van der Waals surface area (Å²) in [5.41, 5.74) is 0. The van der Waals surface area contributed by atoms with Crippen LogP contribution in [0.5, 0.6) is 0 Å². The van der Waals surface area contributed by atoms with Gasteiger partial charge in [0.15, 0.2) is 0 Å². The highest BCUT2D eigenvalue weighted by Gasteiger charge is 2.37. The van der Waals surface area contributed by atoms with E-state index in [4.69, 9.17) is 4.74 Å². The van der Waals surface area contributed by atoms with Gasteiger partial charge >= 0.3 is 0 Å². The third kappa shape index (κ3) is 4.71. The summed E-state index contributed by atoms with van der Waals surface area (Å²) >= 11 is 0. The number of nitrogens with zero attached hydrogens (tertiary/aromatic N) is 3. The summed E-state index contributed by atoms with van der Waals surface area (Å²) in [7, 11) is 1.60. The van der Waals surface area contributed by atoms with Gasteiger partial charge in [-0.05, 0) is 12.8 Å². The Morgan fingerprint density at radius 1 is 1.12 bits per heavy atom. The van der Waals surface area contributed by atoms with E-state index in [9.17, 15) is 14.4 Å². The van der Waals surface area contributed by atoms with Crippen molar-refractivity contribution in [1.29, 1.82) is 0 Å². The molecule has 0 radical (unpaired) electrons. The van der Waals surface area contributed by atoms with Crippen molar-refractivity contribution < 1.29 is 19.1 Å². The van der Waals surface area contributed by atoms with Crippen LogP contribution in [0.25, 0.3) is 0 Å². The van der Waals surface area contributed by atoms with Gasteiger partial charge in [0.1, 0.15) is 0 Å². The first-order chi connectivity index (χ1) is 12.0. The number of hydrogen-bond acceptors (Lipinski definition) is 4. The molecule has 2 heterocycles. The van der Waals surface area contributed by atoms with Crippen molar-refractivity contribution >= 4 is 17.7 Å². The van der Waals surface area contributed by atoms with E-state index in [0.717, 1.165) is 12.8 Å². The first-order valence-electron chi connectivity index (χ1n) is 9.36. The number of ether oxygens (including phenoxy) is 1. The summed E-state index contributed by atoms with van der Waals surface area (Å²) < 4.78 is 5.01. The SMILES string of the molecule is CCC(CC)C(=O)N1CCN(C(=O)C2CC(=O)N(CCOC)C2)CC1. The summed E-state index contributed by atoms with van der Waals surface area (Å²) in [6, 6.07) is 0. The Hall–Kier alpha value is -1.63. The molecular weight excluding hydrogens is 322 g/mol. The number of carbonyl (C=O) groups excluding carboxylic acids is 3. The normalized spacial score (nSPS) is 21.4. The van der Waals surface area contributed by atoms with Gasteiger partial charge in [-0.25, -0.2) is 0 Å². The number of rotatable bonds is 7. The molecule has 2 aliphatic rings. The van der Waals surface area contributed by atoms with Gasteiger partial charge in [-0.3, -0.25) is 14.4 Å². The van der Waals surface area contributed by atoms with Gasteiger partial charge < -0.3 is 19.4 Å². The first-order valence-corrected chi connectivity index (χ1v) is 9.36. The van der Waals surface area contributed by atoms with E-state index >= 15 is 0 Å². The highest BCUT2D eigenvalue weighted by Crippen LogP contribution is 2.21. The minimum atomic E-state index is -0.259. The van der Waals surface area contributed by atoms with Crippen LogP contribution in [0.4, 0.5) is 0 Å². The van der Waals surface area contributed by atoms with Crippen molar-refractivity contribution in [3.8, 4) is 0 Å². The van der Waals surface area contributed by atoms with Gasteiger partial charge in [0.2, 0.25) is 17.7 Å². The zero-order chi connectivity index (χ0) is 18.4. The maximum atomic E-state index is 12.7. The van der Waals surface area contributed by atoms with E-state index in [1.165, 1.54) is 0 Å². The fraction of sp³-hybridized carbons (Fsp3) is 0.833. The van der Waals surface area contributed by atoms with Gasteiger partial charge in [0, 0.05) is 58.7 Å². The fourth-order valence-electron chi connectivity index (χ4n) is 3.66. The number of methoxy groups -OCH3 is 1. The Morgan fingerprint density at radius 3 is 2.28 bits per heavy atom. The van der Waals surface area contributed by atoms with Gasteiger partial charge in [-0.15, -0.1) is 0 Å². The number of amides is 3. The summed E-state index contributed by atoms with van der Waals surface area (Å²) in [5, 5.41) is 0. The molecule has 7 heteroatoms. The van der Waals surface area contributed by atoms with E-state index < -0.39 is 0 Å². The highest BCUT2D eigenvalue weighted by atomic mass is 16.5. The van der Waals surface area contributed by atoms with Gasteiger partial charge in [-0.2, -0.15) is 0 Å². The number of hydrogen-bond donors (Lipinski definition) is 0. The maximum Gasteiger partial charge on any atom is 0.228 e. The molecule has 2 saturated heterocycles. The van der Waals surface area contributed by atoms with Crippen LogP contribution in [0.2, 0.25) is 0 Å². The zero-order valence-electron chi connectivity index (χ0n) is 15.7. The second kappa shape index (κ2) is 9.17. The van der Waals surface area contributed by atoms with Crippen molar-refractivity contribution in [2.45, 2.75) is 33.1 Å². The van der Waals surface area contributed by atoms with Crippen molar-refractivity contribution in [1.82, 2.24) is 14.7 Å². The lowest BCUT2D eigenvalue weighted by Crippen LogP contribution is -2.53. The monoisotopic (exact) mass is 353 g/mol. The molecule has 2 aliphatic heterocycles. The molecule has 7 nitrogen and oxygen atoms in total. The third-order valence-corrected chi connectivity index (χ3v) is 5.37. The largest absolute Gasteiger partial charge is 0.383 e. The lowest BCUT2D eigenvalue weighted by molar-refractivity contribution is -0.144. The van der Waals surface area contributed by atoms with Crippen molar-refractivity contribution in [3.63, 3.8) is 0 Å². The van der Waals surface area contributed by atoms with E-state index in [1.807, 2.05) is 23.6 Å². The molecule has 0 aromatic rings. The second-order valence-electron chi connectivity index (χ2n) is 6.90. The molecule has 142 valence electrons. The number of carbonyl (C=O) groups is 3. The second-order valence-corrected chi connectivity index (χ2v) is 6.90. The molecule has 3 amide bonds. The van der Waals surface area contributed by atoms with Crippen LogP contribution in [0.15, 0.2) is 0 Å². The zero-order valence-corrected chi connectivity index (χ0v) is 15.7. The molecule has 2 fully saturated rings. The molecule has 0 saturated carbocycles. The molecule has 1 unspecified atom stereocenters. The van der Waals surface area contributed by atoms with Gasteiger partial charge in [0.05, 0.1) is 12.5 Å². The Balaban J connectivity index is 1.83. The van der Waals surface area contributed by atoms with Gasteiger partial charge in [-0.1, -0.05) is 13.8 Å².